The number of aromatic nitrogens is 2. The number of amides is 1. The topological polar surface area (TPSA) is 99.6 Å². The average Bonchev–Trinajstić information content (AvgIpc) is 3.40. The smallest absolute Gasteiger partial charge is 0.289 e. The summed E-state index contributed by atoms with van der Waals surface area (Å²) >= 11 is 0. The Bertz CT molecular complexity index is 1540. The molecule has 178 valence electrons. The Morgan fingerprint density at radius 1 is 1.03 bits per heavy atom. The summed E-state index contributed by atoms with van der Waals surface area (Å²) in [5.74, 6) is 0.392. The Morgan fingerprint density at radius 2 is 1.81 bits per heavy atom. The van der Waals surface area contributed by atoms with Gasteiger partial charge in [-0.15, -0.1) is 0 Å². The monoisotopic (exact) mass is 476 g/mol. The van der Waals surface area contributed by atoms with Crippen molar-refractivity contribution in [2.45, 2.75) is 13.5 Å². The van der Waals surface area contributed by atoms with Gasteiger partial charge in [0.05, 0.1) is 11.9 Å². The molecule has 0 spiro atoms. The number of hydrazone groups is 1. The Kier molecular flexibility index (Phi) is 6.44. The van der Waals surface area contributed by atoms with E-state index in [0.29, 0.717) is 17.9 Å². The van der Waals surface area contributed by atoms with Gasteiger partial charge < -0.3 is 9.84 Å². The fraction of sp³-hybridized carbons (Fsp3) is 0.0690. The maximum absolute atomic E-state index is 12.5. The van der Waals surface area contributed by atoms with Gasteiger partial charge in [0.2, 0.25) is 0 Å². The summed E-state index contributed by atoms with van der Waals surface area (Å²) in [6, 6.07) is 28.5. The molecule has 0 atom stereocenters. The molecule has 4 aromatic carbocycles. The summed E-state index contributed by atoms with van der Waals surface area (Å²) in [4.78, 5) is 12.5. The van der Waals surface area contributed by atoms with Gasteiger partial charge in [-0.2, -0.15) is 10.2 Å². The highest BCUT2D eigenvalue weighted by Crippen LogP contribution is 2.25. The van der Waals surface area contributed by atoms with E-state index in [9.17, 15) is 9.90 Å². The molecule has 7 heteroatoms. The van der Waals surface area contributed by atoms with Crippen molar-refractivity contribution in [3.05, 3.63) is 113 Å². The first-order valence-electron chi connectivity index (χ1n) is 11.4. The SMILES string of the molecule is Cc1ccc(COc2ccc(-c3cc(C(=O)NN=Cc4c(O)ccc5ccccc45)[nH]n3)cc2)cc1. The van der Waals surface area contributed by atoms with Gasteiger partial charge in [-0.25, -0.2) is 5.43 Å². The molecule has 1 aromatic heterocycles. The summed E-state index contributed by atoms with van der Waals surface area (Å²) in [6.45, 7) is 2.54. The number of nitrogens with one attached hydrogen (secondary N) is 2. The lowest BCUT2D eigenvalue weighted by molar-refractivity contribution is 0.0950. The van der Waals surface area contributed by atoms with Gasteiger partial charge in [0, 0.05) is 11.1 Å². The molecular formula is C29H24N4O3. The number of phenolic OH excluding ortho intramolecular Hbond substituents is 1. The van der Waals surface area contributed by atoms with E-state index in [1.807, 2.05) is 54.6 Å². The second-order valence-corrected chi connectivity index (χ2v) is 8.38. The molecule has 5 rings (SSSR count). The second kappa shape index (κ2) is 10.1. The van der Waals surface area contributed by atoms with Crippen LogP contribution < -0.4 is 10.2 Å². The van der Waals surface area contributed by atoms with Gasteiger partial charge in [-0.3, -0.25) is 9.89 Å². The Morgan fingerprint density at radius 3 is 2.61 bits per heavy atom. The summed E-state index contributed by atoms with van der Waals surface area (Å²) < 4.78 is 5.86. The molecule has 0 radical (unpaired) electrons. The van der Waals surface area contributed by atoms with Crippen LogP contribution in [-0.2, 0) is 6.61 Å². The number of hydrogen-bond acceptors (Lipinski definition) is 5. The normalized spacial score (nSPS) is 11.1. The molecule has 0 saturated heterocycles. The zero-order valence-electron chi connectivity index (χ0n) is 19.6. The fourth-order valence-electron chi connectivity index (χ4n) is 3.79. The molecule has 1 amide bonds. The number of carbonyl (C=O) groups excluding carboxylic acids is 1. The average molecular weight is 477 g/mol. The van der Waals surface area contributed by atoms with Gasteiger partial charge in [-0.05, 0) is 59.7 Å². The fourth-order valence-corrected chi connectivity index (χ4v) is 3.79. The van der Waals surface area contributed by atoms with Crippen LogP contribution in [0, 0.1) is 6.92 Å². The second-order valence-electron chi connectivity index (χ2n) is 8.38. The zero-order valence-corrected chi connectivity index (χ0v) is 19.6. The standard InChI is InChI=1S/C29H24N4O3/c1-19-6-8-20(9-7-19)18-36-23-13-10-22(11-14-23)26-16-27(32-31-26)29(35)33-30-17-25-24-5-3-2-4-21(24)12-15-28(25)34/h2-17,34H,18H2,1H3,(H,31,32)(H,33,35). The molecule has 0 saturated carbocycles. The first kappa shape index (κ1) is 22.9. The van der Waals surface area contributed by atoms with Crippen molar-refractivity contribution in [1.82, 2.24) is 15.6 Å². The molecule has 0 aliphatic heterocycles. The molecule has 0 unspecified atom stereocenters. The van der Waals surface area contributed by atoms with Crippen molar-refractivity contribution < 1.29 is 14.6 Å². The molecule has 0 aliphatic rings. The number of aromatic hydroxyl groups is 1. The number of aryl methyl sites for hydroxylation is 1. The van der Waals surface area contributed by atoms with E-state index in [4.69, 9.17) is 4.74 Å². The number of hydrogen-bond donors (Lipinski definition) is 3. The van der Waals surface area contributed by atoms with Gasteiger partial charge in [-0.1, -0.05) is 60.2 Å². The number of nitrogens with zero attached hydrogens (tertiary/aromatic N) is 2. The Balaban J connectivity index is 1.21. The predicted octanol–water partition coefficient (Wildman–Crippen LogP) is 5.59. The van der Waals surface area contributed by atoms with Crippen LogP contribution in [-0.4, -0.2) is 27.4 Å². The molecule has 0 aliphatic carbocycles. The predicted molar refractivity (Wildman–Crippen MR) is 140 cm³/mol. The van der Waals surface area contributed by atoms with Crippen LogP contribution in [0.15, 0.2) is 96.1 Å². The minimum Gasteiger partial charge on any atom is -0.507 e. The van der Waals surface area contributed by atoms with Crippen LogP contribution in [0.1, 0.15) is 27.2 Å². The molecule has 7 nitrogen and oxygen atoms in total. The van der Waals surface area contributed by atoms with E-state index in [0.717, 1.165) is 27.6 Å². The van der Waals surface area contributed by atoms with Gasteiger partial charge in [0.15, 0.2) is 0 Å². The van der Waals surface area contributed by atoms with Crippen molar-refractivity contribution >= 4 is 22.9 Å². The molecule has 3 N–H and O–H groups in total. The van der Waals surface area contributed by atoms with Crippen LogP contribution in [0.4, 0.5) is 0 Å². The van der Waals surface area contributed by atoms with Crippen molar-refractivity contribution in [2.75, 3.05) is 0 Å². The first-order valence-corrected chi connectivity index (χ1v) is 11.4. The van der Waals surface area contributed by atoms with E-state index in [1.165, 1.54) is 11.8 Å². The molecule has 1 heterocycles. The van der Waals surface area contributed by atoms with Crippen LogP contribution in [0.5, 0.6) is 11.5 Å². The van der Waals surface area contributed by atoms with Gasteiger partial charge in [0.1, 0.15) is 23.8 Å². The quantitative estimate of drug-likeness (QED) is 0.211. The molecule has 0 fully saturated rings. The molecule has 0 bridgehead atoms. The van der Waals surface area contributed by atoms with E-state index < -0.39 is 5.91 Å². The summed E-state index contributed by atoms with van der Waals surface area (Å²) in [7, 11) is 0. The summed E-state index contributed by atoms with van der Waals surface area (Å²) in [5.41, 5.74) is 7.06. The number of benzene rings is 4. The van der Waals surface area contributed by atoms with Crippen LogP contribution in [0.2, 0.25) is 0 Å². The number of ether oxygens (including phenoxy) is 1. The summed E-state index contributed by atoms with van der Waals surface area (Å²) in [5, 5.41) is 23.0. The lowest BCUT2D eigenvalue weighted by atomic mass is 10.0. The minimum absolute atomic E-state index is 0.0850. The van der Waals surface area contributed by atoms with E-state index in [1.54, 1.807) is 12.1 Å². The van der Waals surface area contributed by atoms with Crippen molar-refractivity contribution in [1.29, 1.82) is 0 Å². The Labute approximate surface area is 208 Å². The minimum atomic E-state index is -0.442. The summed E-state index contributed by atoms with van der Waals surface area (Å²) in [6.07, 6.45) is 1.43. The van der Waals surface area contributed by atoms with E-state index in [2.05, 4.69) is 51.9 Å². The lowest BCUT2D eigenvalue weighted by Crippen LogP contribution is -2.18. The third-order valence-electron chi connectivity index (χ3n) is 5.81. The number of rotatable bonds is 7. The maximum Gasteiger partial charge on any atom is 0.289 e. The zero-order chi connectivity index (χ0) is 24.9. The van der Waals surface area contributed by atoms with Gasteiger partial charge >= 0.3 is 0 Å². The largest absolute Gasteiger partial charge is 0.507 e. The van der Waals surface area contributed by atoms with E-state index in [-0.39, 0.29) is 11.4 Å². The lowest BCUT2D eigenvalue weighted by Gasteiger charge is -2.07. The Hall–Kier alpha value is -4.91. The van der Waals surface area contributed by atoms with Crippen LogP contribution >= 0.6 is 0 Å². The first-order chi connectivity index (χ1) is 17.6. The highest BCUT2D eigenvalue weighted by molar-refractivity contribution is 6.03. The highest BCUT2D eigenvalue weighted by atomic mass is 16.5. The molecule has 36 heavy (non-hydrogen) atoms. The molecule has 5 aromatic rings. The number of aromatic amines is 1. The number of fused-ring (bicyclic) bond motifs is 1. The third kappa shape index (κ3) is 5.10. The van der Waals surface area contributed by atoms with Crippen LogP contribution in [0.3, 0.4) is 0 Å². The van der Waals surface area contributed by atoms with Crippen molar-refractivity contribution in [3.8, 4) is 22.8 Å². The number of carbonyl (C=O) groups is 1. The van der Waals surface area contributed by atoms with Crippen molar-refractivity contribution in [2.24, 2.45) is 5.10 Å². The van der Waals surface area contributed by atoms with Crippen LogP contribution in [0.25, 0.3) is 22.0 Å². The number of H-pyrrole nitrogens is 1. The molecular weight excluding hydrogens is 452 g/mol. The van der Waals surface area contributed by atoms with E-state index >= 15 is 0 Å². The number of phenols is 1. The maximum atomic E-state index is 12.5. The van der Waals surface area contributed by atoms with Crippen molar-refractivity contribution in [3.63, 3.8) is 0 Å². The van der Waals surface area contributed by atoms with Gasteiger partial charge in [0.25, 0.3) is 5.91 Å². The third-order valence-corrected chi connectivity index (χ3v) is 5.81. The highest BCUT2D eigenvalue weighted by Gasteiger charge is 2.11.